The van der Waals surface area contributed by atoms with Gasteiger partial charge < -0.3 is 10.6 Å². The zero-order valence-electron chi connectivity index (χ0n) is 8.98. The highest BCUT2D eigenvalue weighted by atomic mass is 32.2. The van der Waals surface area contributed by atoms with Crippen molar-refractivity contribution in [3.8, 4) is 0 Å². The van der Waals surface area contributed by atoms with Crippen LogP contribution in [0.15, 0.2) is 11.5 Å². The highest BCUT2D eigenvalue weighted by molar-refractivity contribution is 7.94. The van der Waals surface area contributed by atoms with Crippen molar-refractivity contribution in [1.82, 2.24) is 10.6 Å². The topological polar surface area (TPSA) is 75.3 Å². The maximum Gasteiger partial charge on any atom is 0.315 e. The first kappa shape index (κ1) is 11.4. The van der Waals surface area contributed by atoms with E-state index in [1.165, 1.54) is 6.08 Å². The summed E-state index contributed by atoms with van der Waals surface area (Å²) in [6, 6.07) is -0.396. The molecule has 0 spiro atoms. The summed E-state index contributed by atoms with van der Waals surface area (Å²) >= 11 is 0. The second-order valence-electron chi connectivity index (χ2n) is 4.36. The van der Waals surface area contributed by atoms with Crippen molar-refractivity contribution in [2.45, 2.75) is 37.8 Å². The van der Waals surface area contributed by atoms with E-state index in [1.807, 2.05) is 0 Å². The Labute approximate surface area is 95.2 Å². The van der Waals surface area contributed by atoms with Gasteiger partial charge in [-0.05, 0) is 18.9 Å². The van der Waals surface area contributed by atoms with Crippen LogP contribution in [0.3, 0.4) is 0 Å². The fourth-order valence-electron chi connectivity index (χ4n) is 2.13. The Hall–Kier alpha value is -1.04. The van der Waals surface area contributed by atoms with Crippen LogP contribution in [0.4, 0.5) is 4.79 Å². The van der Waals surface area contributed by atoms with Crippen LogP contribution in [0.1, 0.15) is 25.7 Å². The summed E-state index contributed by atoms with van der Waals surface area (Å²) < 4.78 is 22.2. The van der Waals surface area contributed by atoms with Gasteiger partial charge in [-0.15, -0.1) is 0 Å². The summed E-state index contributed by atoms with van der Waals surface area (Å²) in [5.74, 6) is -0.0227. The standard InChI is InChI=1S/C10H16N2O3S/c13-10(11-8-3-1-2-4-8)12-9-5-6-16(14,15)7-9/h5-6,8-9H,1-4,7H2,(H2,11,12,13). The maximum atomic E-state index is 11.5. The van der Waals surface area contributed by atoms with Crippen molar-refractivity contribution in [2.24, 2.45) is 0 Å². The third-order valence-electron chi connectivity index (χ3n) is 2.94. The Morgan fingerprint density at radius 1 is 1.19 bits per heavy atom. The molecule has 1 aliphatic carbocycles. The van der Waals surface area contributed by atoms with Crippen LogP contribution >= 0.6 is 0 Å². The molecule has 2 amide bonds. The van der Waals surface area contributed by atoms with Crippen LogP contribution in [0.5, 0.6) is 0 Å². The van der Waals surface area contributed by atoms with Crippen LogP contribution in [0, 0.1) is 0 Å². The van der Waals surface area contributed by atoms with Gasteiger partial charge in [-0.25, -0.2) is 13.2 Å². The lowest BCUT2D eigenvalue weighted by atomic mass is 10.2. The van der Waals surface area contributed by atoms with E-state index < -0.39 is 9.84 Å². The zero-order chi connectivity index (χ0) is 11.6. The second-order valence-corrected chi connectivity index (χ2v) is 6.29. The number of rotatable bonds is 2. The molecule has 1 heterocycles. The number of hydrogen-bond acceptors (Lipinski definition) is 3. The molecule has 2 aliphatic rings. The van der Waals surface area contributed by atoms with Gasteiger partial charge in [0.25, 0.3) is 0 Å². The van der Waals surface area contributed by atoms with Gasteiger partial charge in [-0.2, -0.15) is 0 Å². The number of amides is 2. The quantitative estimate of drug-likeness (QED) is 0.744. The first-order valence-corrected chi connectivity index (χ1v) is 7.25. The van der Waals surface area contributed by atoms with E-state index in [1.54, 1.807) is 0 Å². The lowest BCUT2D eigenvalue weighted by molar-refractivity contribution is 0.236. The van der Waals surface area contributed by atoms with Gasteiger partial charge >= 0.3 is 6.03 Å². The fraction of sp³-hybridized carbons (Fsp3) is 0.700. The lowest BCUT2D eigenvalue weighted by Crippen LogP contribution is -2.45. The summed E-state index contributed by atoms with van der Waals surface area (Å²) in [5.41, 5.74) is 0. The Morgan fingerprint density at radius 2 is 1.88 bits per heavy atom. The van der Waals surface area contributed by atoms with E-state index >= 15 is 0 Å². The average molecular weight is 244 g/mol. The predicted molar refractivity (Wildman–Crippen MR) is 60.6 cm³/mol. The molecule has 1 unspecified atom stereocenters. The van der Waals surface area contributed by atoms with E-state index in [-0.39, 0.29) is 23.9 Å². The number of hydrogen-bond donors (Lipinski definition) is 2. The summed E-state index contributed by atoms with van der Waals surface area (Å²) in [6.07, 6.45) is 5.87. The van der Waals surface area contributed by atoms with Gasteiger partial charge in [-0.1, -0.05) is 12.8 Å². The molecule has 0 bridgehead atoms. The van der Waals surface area contributed by atoms with Crippen LogP contribution in [0.25, 0.3) is 0 Å². The van der Waals surface area contributed by atoms with Gasteiger partial charge in [0.15, 0.2) is 9.84 Å². The summed E-state index contributed by atoms with van der Waals surface area (Å²) in [5, 5.41) is 6.66. The van der Waals surface area contributed by atoms with Crippen molar-refractivity contribution in [2.75, 3.05) is 5.75 Å². The molecular weight excluding hydrogens is 228 g/mol. The van der Waals surface area contributed by atoms with Crippen LogP contribution in [0.2, 0.25) is 0 Å². The van der Waals surface area contributed by atoms with E-state index in [9.17, 15) is 13.2 Å². The number of sulfone groups is 1. The molecule has 5 nitrogen and oxygen atoms in total. The molecule has 1 aliphatic heterocycles. The summed E-state index contributed by atoms with van der Waals surface area (Å²) in [6.45, 7) is 0. The molecule has 90 valence electrons. The molecule has 0 aromatic heterocycles. The Balaban J connectivity index is 1.78. The molecule has 0 radical (unpaired) electrons. The smallest absolute Gasteiger partial charge is 0.315 e. The van der Waals surface area contributed by atoms with Crippen molar-refractivity contribution >= 4 is 15.9 Å². The third kappa shape index (κ3) is 2.98. The van der Waals surface area contributed by atoms with Gasteiger partial charge in [0.1, 0.15) is 0 Å². The fourth-order valence-corrected chi connectivity index (χ4v) is 3.37. The van der Waals surface area contributed by atoms with Crippen molar-refractivity contribution in [1.29, 1.82) is 0 Å². The highest BCUT2D eigenvalue weighted by Gasteiger charge is 2.24. The summed E-state index contributed by atoms with van der Waals surface area (Å²) in [7, 11) is -3.09. The molecule has 6 heteroatoms. The maximum absolute atomic E-state index is 11.5. The van der Waals surface area contributed by atoms with Crippen LogP contribution in [-0.4, -0.2) is 32.3 Å². The summed E-state index contributed by atoms with van der Waals surface area (Å²) in [4.78, 5) is 11.5. The number of carbonyl (C=O) groups excluding carboxylic acids is 1. The molecule has 2 rings (SSSR count). The highest BCUT2D eigenvalue weighted by Crippen LogP contribution is 2.17. The Morgan fingerprint density at radius 3 is 2.44 bits per heavy atom. The van der Waals surface area contributed by atoms with Crippen LogP contribution in [-0.2, 0) is 9.84 Å². The monoisotopic (exact) mass is 244 g/mol. The first-order valence-electron chi connectivity index (χ1n) is 5.53. The molecule has 0 saturated heterocycles. The zero-order valence-corrected chi connectivity index (χ0v) is 9.79. The lowest BCUT2D eigenvalue weighted by Gasteiger charge is -2.15. The molecule has 1 atom stereocenters. The van der Waals surface area contributed by atoms with Gasteiger partial charge in [0.05, 0.1) is 11.8 Å². The Bertz CT molecular complexity index is 396. The molecule has 1 saturated carbocycles. The SMILES string of the molecule is O=C(NC1C=CS(=O)(=O)C1)NC1CCCC1. The molecule has 2 N–H and O–H groups in total. The number of nitrogens with one attached hydrogen (secondary N) is 2. The minimum atomic E-state index is -3.09. The van der Waals surface area contributed by atoms with Gasteiger partial charge in [0.2, 0.25) is 0 Å². The van der Waals surface area contributed by atoms with E-state index in [0.717, 1.165) is 31.1 Å². The average Bonchev–Trinajstić information content (AvgIpc) is 2.76. The van der Waals surface area contributed by atoms with Crippen molar-refractivity contribution < 1.29 is 13.2 Å². The largest absolute Gasteiger partial charge is 0.335 e. The van der Waals surface area contributed by atoms with Gasteiger partial charge in [-0.3, -0.25) is 0 Å². The number of carbonyl (C=O) groups is 1. The van der Waals surface area contributed by atoms with Crippen molar-refractivity contribution in [3.05, 3.63) is 11.5 Å². The third-order valence-corrected chi connectivity index (χ3v) is 4.33. The molecule has 16 heavy (non-hydrogen) atoms. The Kier molecular flexibility index (Phi) is 3.18. The van der Waals surface area contributed by atoms with E-state index in [0.29, 0.717) is 0 Å². The minimum Gasteiger partial charge on any atom is -0.335 e. The molecule has 0 aromatic carbocycles. The van der Waals surface area contributed by atoms with Crippen LogP contribution < -0.4 is 10.6 Å². The van der Waals surface area contributed by atoms with E-state index in [4.69, 9.17) is 0 Å². The molecule has 0 aromatic rings. The predicted octanol–water partition coefficient (Wildman–Crippen LogP) is 0.539. The second kappa shape index (κ2) is 4.45. The normalized spacial score (nSPS) is 28.1. The van der Waals surface area contributed by atoms with Gasteiger partial charge in [0, 0.05) is 11.4 Å². The van der Waals surface area contributed by atoms with Crippen molar-refractivity contribution in [3.63, 3.8) is 0 Å². The number of urea groups is 1. The minimum absolute atomic E-state index is 0.0227. The first-order chi connectivity index (χ1) is 7.55. The molecular formula is C10H16N2O3S. The molecule has 1 fully saturated rings. The van der Waals surface area contributed by atoms with E-state index in [2.05, 4.69) is 10.6 Å².